The van der Waals surface area contributed by atoms with Gasteiger partial charge in [-0.2, -0.15) is 0 Å². The van der Waals surface area contributed by atoms with Crippen molar-refractivity contribution >= 4 is 11.6 Å². The third-order valence-corrected chi connectivity index (χ3v) is 5.94. The van der Waals surface area contributed by atoms with E-state index >= 15 is 0 Å². The quantitative estimate of drug-likeness (QED) is 0.874. The van der Waals surface area contributed by atoms with Crippen LogP contribution in [0.4, 0.5) is 4.39 Å². The lowest BCUT2D eigenvalue weighted by Crippen LogP contribution is -2.42. The molecule has 2 aromatic rings. The molecule has 1 aliphatic heterocycles. The second kappa shape index (κ2) is 7.55. The SMILES string of the molecule is Cc1ccc(F)c(O[C@@H]2c3ccccc3C[C@H]2N2CCCNCC2)c1Cl. The Kier molecular flexibility index (Phi) is 5.16. The fourth-order valence-corrected chi connectivity index (χ4v) is 4.26. The smallest absolute Gasteiger partial charge is 0.174 e. The Hall–Kier alpha value is -1.62. The Balaban J connectivity index is 1.69. The van der Waals surface area contributed by atoms with Gasteiger partial charge in [0.05, 0.1) is 11.1 Å². The van der Waals surface area contributed by atoms with Crippen LogP contribution in [0.5, 0.6) is 5.75 Å². The van der Waals surface area contributed by atoms with E-state index in [1.165, 1.54) is 11.6 Å². The first-order chi connectivity index (χ1) is 12.6. The molecular weight excluding hydrogens is 351 g/mol. The van der Waals surface area contributed by atoms with Crippen LogP contribution in [0.3, 0.4) is 0 Å². The average molecular weight is 375 g/mol. The fraction of sp³-hybridized carbons (Fsp3) is 0.429. The van der Waals surface area contributed by atoms with Gasteiger partial charge in [0.25, 0.3) is 0 Å². The number of halogens is 2. The Bertz CT molecular complexity index is 790. The van der Waals surface area contributed by atoms with Crippen LogP contribution >= 0.6 is 11.6 Å². The van der Waals surface area contributed by atoms with Crippen LogP contribution in [0.1, 0.15) is 29.2 Å². The summed E-state index contributed by atoms with van der Waals surface area (Å²) >= 11 is 6.38. The highest BCUT2D eigenvalue weighted by atomic mass is 35.5. The molecule has 1 N–H and O–H groups in total. The molecule has 138 valence electrons. The van der Waals surface area contributed by atoms with Crippen LogP contribution in [-0.2, 0) is 6.42 Å². The molecule has 0 spiro atoms. The van der Waals surface area contributed by atoms with Crippen LogP contribution in [-0.4, -0.2) is 37.1 Å². The van der Waals surface area contributed by atoms with Crippen LogP contribution in [0.15, 0.2) is 36.4 Å². The Morgan fingerprint density at radius 1 is 1.15 bits per heavy atom. The molecule has 2 aliphatic rings. The first-order valence-electron chi connectivity index (χ1n) is 9.29. The maximum absolute atomic E-state index is 14.5. The lowest BCUT2D eigenvalue weighted by molar-refractivity contribution is 0.0791. The number of hydrogen-bond donors (Lipinski definition) is 1. The predicted octanol–water partition coefficient (Wildman–Crippen LogP) is 4.13. The molecule has 2 atom stereocenters. The van der Waals surface area contributed by atoms with E-state index in [1.54, 1.807) is 6.07 Å². The summed E-state index contributed by atoms with van der Waals surface area (Å²) in [5.41, 5.74) is 3.25. The molecule has 1 aliphatic carbocycles. The molecule has 0 bridgehead atoms. The summed E-state index contributed by atoms with van der Waals surface area (Å²) < 4.78 is 20.7. The van der Waals surface area contributed by atoms with Crippen molar-refractivity contribution in [3.63, 3.8) is 0 Å². The molecule has 0 aromatic heterocycles. The van der Waals surface area contributed by atoms with Gasteiger partial charge >= 0.3 is 0 Å². The normalized spacial score (nSPS) is 23.5. The highest BCUT2D eigenvalue weighted by molar-refractivity contribution is 6.32. The van der Waals surface area contributed by atoms with Crippen molar-refractivity contribution < 1.29 is 9.13 Å². The Morgan fingerprint density at radius 3 is 2.88 bits per heavy atom. The van der Waals surface area contributed by atoms with Gasteiger partial charge in [-0.15, -0.1) is 0 Å². The van der Waals surface area contributed by atoms with Gasteiger partial charge in [0.15, 0.2) is 11.6 Å². The maximum Gasteiger partial charge on any atom is 0.174 e. The maximum atomic E-state index is 14.5. The summed E-state index contributed by atoms with van der Waals surface area (Å²) in [6.07, 6.45) is 1.82. The van der Waals surface area contributed by atoms with E-state index in [0.29, 0.717) is 5.02 Å². The molecule has 4 rings (SSSR count). The van der Waals surface area contributed by atoms with E-state index in [9.17, 15) is 4.39 Å². The average Bonchev–Trinajstić information content (AvgIpc) is 2.82. The predicted molar refractivity (Wildman–Crippen MR) is 103 cm³/mol. The van der Waals surface area contributed by atoms with Crippen molar-refractivity contribution in [3.05, 3.63) is 63.9 Å². The third-order valence-electron chi connectivity index (χ3n) is 5.47. The van der Waals surface area contributed by atoms with Gasteiger partial charge < -0.3 is 10.1 Å². The molecule has 0 saturated carbocycles. The van der Waals surface area contributed by atoms with Crippen molar-refractivity contribution in [2.24, 2.45) is 0 Å². The van der Waals surface area contributed by atoms with Crippen molar-refractivity contribution in [2.75, 3.05) is 26.2 Å². The second-order valence-electron chi connectivity index (χ2n) is 7.16. The van der Waals surface area contributed by atoms with Crippen molar-refractivity contribution in [1.82, 2.24) is 10.2 Å². The van der Waals surface area contributed by atoms with Crippen LogP contribution < -0.4 is 10.1 Å². The van der Waals surface area contributed by atoms with Crippen molar-refractivity contribution in [1.29, 1.82) is 0 Å². The molecule has 26 heavy (non-hydrogen) atoms. The minimum absolute atomic E-state index is 0.173. The zero-order valence-electron chi connectivity index (χ0n) is 15.0. The Labute approximate surface area is 159 Å². The van der Waals surface area contributed by atoms with Gasteiger partial charge in [0, 0.05) is 13.1 Å². The van der Waals surface area contributed by atoms with E-state index in [2.05, 4.69) is 28.4 Å². The zero-order chi connectivity index (χ0) is 18.1. The standard InChI is InChI=1S/C21H24ClFN2O/c1-14-7-8-17(23)21(19(14)22)26-20-16-6-3-2-5-15(16)13-18(20)25-11-4-9-24-10-12-25/h2-3,5-8,18,20,24H,4,9-13H2,1H3/t18-,20-/m1/s1. The minimum atomic E-state index is -0.402. The molecule has 3 nitrogen and oxygen atoms in total. The first kappa shape index (κ1) is 17.8. The largest absolute Gasteiger partial charge is 0.479 e. The van der Waals surface area contributed by atoms with Gasteiger partial charge in [-0.25, -0.2) is 4.39 Å². The summed E-state index contributed by atoms with van der Waals surface area (Å²) in [7, 11) is 0. The van der Waals surface area contributed by atoms with Crippen molar-refractivity contribution in [2.45, 2.75) is 31.9 Å². The highest BCUT2D eigenvalue weighted by Crippen LogP contribution is 2.41. The topological polar surface area (TPSA) is 24.5 Å². The number of aryl methyl sites for hydroxylation is 1. The van der Waals surface area contributed by atoms with E-state index in [0.717, 1.165) is 50.1 Å². The van der Waals surface area contributed by atoms with E-state index < -0.39 is 5.82 Å². The molecule has 1 heterocycles. The van der Waals surface area contributed by atoms with E-state index in [4.69, 9.17) is 16.3 Å². The molecule has 0 radical (unpaired) electrons. The Morgan fingerprint density at radius 2 is 2.00 bits per heavy atom. The van der Waals surface area contributed by atoms with Gasteiger partial charge in [0.2, 0.25) is 0 Å². The number of hydrogen-bond acceptors (Lipinski definition) is 3. The van der Waals surface area contributed by atoms with Gasteiger partial charge in [-0.1, -0.05) is 41.9 Å². The van der Waals surface area contributed by atoms with Gasteiger partial charge in [-0.05, 0) is 55.6 Å². The number of nitrogens with one attached hydrogen (secondary N) is 1. The van der Waals surface area contributed by atoms with Crippen LogP contribution in [0, 0.1) is 12.7 Å². The zero-order valence-corrected chi connectivity index (χ0v) is 15.7. The summed E-state index contributed by atoms with van der Waals surface area (Å²) in [4.78, 5) is 2.48. The number of ether oxygens (including phenoxy) is 1. The molecule has 0 amide bonds. The molecule has 2 aromatic carbocycles. The summed E-state index contributed by atoms with van der Waals surface area (Å²) in [6, 6.07) is 11.6. The van der Waals surface area contributed by atoms with Gasteiger partial charge in [0.1, 0.15) is 6.10 Å². The first-order valence-corrected chi connectivity index (χ1v) is 9.67. The molecule has 5 heteroatoms. The fourth-order valence-electron chi connectivity index (χ4n) is 4.06. The van der Waals surface area contributed by atoms with E-state index in [1.807, 2.05) is 13.0 Å². The molecule has 1 saturated heterocycles. The summed E-state index contributed by atoms with van der Waals surface area (Å²) in [5.74, 6) is -0.229. The highest BCUT2D eigenvalue weighted by Gasteiger charge is 2.38. The van der Waals surface area contributed by atoms with Crippen LogP contribution in [0.25, 0.3) is 0 Å². The van der Waals surface area contributed by atoms with Crippen molar-refractivity contribution in [3.8, 4) is 5.75 Å². The second-order valence-corrected chi connectivity index (χ2v) is 7.53. The van der Waals surface area contributed by atoms with Crippen LogP contribution in [0.2, 0.25) is 5.02 Å². The number of benzene rings is 2. The minimum Gasteiger partial charge on any atom is -0.479 e. The lowest BCUT2D eigenvalue weighted by atomic mass is 10.1. The van der Waals surface area contributed by atoms with E-state index in [-0.39, 0.29) is 17.9 Å². The lowest BCUT2D eigenvalue weighted by Gasteiger charge is -2.32. The molecule has 0 unspecified atom stereocenters. The molecular formula is C21H24ClFN2O. The number of fused-ring (bicyclic) bond motifs is 1. The number of rotatable bonds is 3. The molecule has 1 fully saturated rings. The van der Waals surface area contributed by atoms with Gasteiger partial charge in [-0.3, -0.25) is 4.90 Å². The number of nitrogens with zero attached hydrogens (tertiary/aromatic N) is 1. The summed E-state index contributed by atoms with van der Waals surface area (Å²) in [5, 5.41) is 3.81. The third kappa shape index (κ3) is 3.34. The summed E-state index contributed by atoms with van der Waals surface area (Å²) in [6.45, 7) is 5.88. The monoisotopic (exact) mass is 374 g/mol.